The van der Waals surface area contributed by atoms with Gasteiger partial charge in [0.15, 0.2) is 0 Å². The predicted octanol–water partition coefficient (Wildman–Crippen LogP) is 2.76. The molecule has 2 aromatic rings. The number of nitrogens with zero attached hydrogens (tertiary/aromatic N) is 3. The number of aromatic nitrogens is 2. The van der Waals surface area contributed by atoms with E-state index in [4.69, 9.17) is 4.42 Å². The summed E-state index contributed by atoms with van der Waals surface area (Å²) in [6.45, 7) is 0.424. The summed E-state index contributed by atoms with van der Waals surface area (Å²) in [5.41, 5.74) is -0.553. The van der Waals surface area contributed by atoms with E-state index in [1.54, 1.807) is 6.07 Å². The molecule has 8 heteroatoms. The van der Waals surface area contributed by atoms with Crippen LogP contribution in [-0.2, 0) is 19.3 Å². The summed E-state index contributed by atoms with van der Waals surface area (Å²) < 4.78 is 43.8. The van der Waals surface area contributed by atoms with Crippen LogP contribution in [0, 0.1) is 0 Å². The monoisotopic (exact) mass is 300 g/mol. The molecule has 0 aliphatic carbocycles. The van der Waals surface area contributed by atoms with E-state index in [1.807, 2.05) is 19.0 Å². The number of benzene rings is 1. The highest BCUT2D eigenvalue weighted by atomic mass is 19.4. The van der Waals surface area contributed by atoms with Crippen LogP contribution < -0.4 is 5.32 Å². The van der Waals surface area contributed by atoms with Crippen LogP contribution in [0.4, 0.5) is 19.2 Å². The maximum absolute atomic E-state index is 12.8. The lowest BCUT2D eigenvalue weighted by atomic mass is 10.1. The van der Waals surface area contributed by atoms with Crippen molar-refractivity contribution >= 4 is 6.01 Å². The molecule has 0 saturated heterocycles. The molecule has 0 radical (unpaired) electrons. The van der Waals surface area contributed by atoms with Gasteiger partial charge in [0, 0.05) is 6.54 Å². The number of anilines is 1. The molecule has 0 unspecified atom stereocenters. The van der Waals surface area contributed by atoms with Gasteiger partial charge in [-0.2, -0.15) is 13.2 Å². The zero-order valence-corrected chi connectivity index (χ0v) is 11.6. The van der Waals surface area contributed by atoms with Crippen molar-refractivity contribution in [3.8, 4) is 0 Å². The van der Waals surface area contributed by atoms with Crippen molar-refractivity contribution in [2.24, 2.45) is 0 Å². The first-order valence-electron chi connectivity index (χ1n) is 6.22. The number of nitrogens with one attached hydrogen (secondary N) is 1. The molecule has 2 rings (SSSR count). The molecule has 1 aromatic heterocycles. The first-order chi connectivity index (χ1) is 9.86. The second-order valence-electron chi connectivity index (χ2n) is 4.75. The normalized spacial score (nSPS) is 11.9. The number of rotatable bonds is 5. The molecule has 1 aromatic carbocycles. The van der Waals surface area contributed by atoms with E-state index in [9.17, 15) is 13.2 Å². The van der Waals surface area contributed by atoms with Crippen molar-refractivity contribution < 1.29 is 17.6 Å². The zero-order chi connectivity index (χ0) is 15.5. The zero-order valence-electron chi connectivity index (χ0n) is 11.6. The average Bonchev–Trinajstić information content (AvgIpc) is 2.82. The molecule has 0 amide bonds. The standard InChI is InChI=1S/C13H15F3N4O/c1-20(2)8-11-18-19-12(21-11)17-7-9-5-3-4-6-10(9)13(14,15)16/h3-6H,7-8H2,1-2H3,(H,17,19). The first-order valence-corrected chi connectivity index (χ1v) is 6.22. The summed E-state index contributed by atoms with van der Waals surface area (Å²) in [6.07, 6.45) is -4.39. The second-order valence-corrected chi connectivity index (χ2v) is 4.75. The van der Waals surface area contributed by atoms with Crippen molar-refractivity contribution in [2.75, 3.05) is 19.4 Å². The van der Waals surface area contributed by atoms with Crippen molar-refractivity contribution in [2.45, 2.75) is 19.3 Å². The Kier molecular flexibility index (Phi) is 4.46. The van der Waals surface area contributed by atoms with Crippen molar-refractivity contribution in [1.82, 2.24) is 15.1 Å². The van der Waals surface area contributed by atoms with Gasteiger partial charge in [0.2, 0.25) is 5.89 Å². The van der Waals surface area contributed by atoms with Gasteiger partial charge in [0.05, 0.1) is 12.1 Å². The summed E-state index contributed by atoms with van der Waals surface area (Å²) >= 11 is 0. The van der Waals surface area contributed by atoms with E-state index in [2.05, 4.69) is 15.5 Å². The van der Waals surface area contributed by atoms with Crippen LogP contribution >= 0.6 is 0 Å². The third-order valence-corrected chi connectivity index (χ3v) is 2.67. The number of alkyl halides is 3. The maximum atomic E-state index is 12.8. The highest BCUT2D eigenvalue weighted by molar-refractivity contribution is 5.32. The SMILES string of the molecule is CN(C)Cc1nnc(NCc2ccccc2C(F)(F)F)o1. The molecule has 0 spiro atoms. The van der Waals surface area contributed by atoms with Crippen LogP contribution in [0.3, 0.4) is 0 Å². The van der Waals surface area contributed by atoms with Crippen LogP contribution in [0.5, 0.6) is 0 Å². The smallest absolute Gasteiger partial charge is 0.407 e. The van der Waals surface area contributed by atoms with Crippen LogP contribution in [-0.4, -0.2) is 29.2 Å². The van der Waals surface area contributed by atoms with Gasteiger partial charge in [-0.05, 0) is 25.7 Å². The summed E-state index contributed by atoms with van der Waals surface area (Å²) in [4.78, 5) is 1.84. The lowest BCUT2D eigenvalue weighted by Gasteiger charge is -2.12. The Morgan fingerprint density at radius 1 is 1.19 bits per heavy atom. The van der Waals surface area contributed by atoms with Gasteiger partial charge in [-0.3, -0.25) is 0 Å². The Balaban J connectivity index is 2.05. The van der Waals surface area contributed by atoms with Gasteiger partial charge >= 0.3 is 12.2 Å². The number of hydrogen-bond donors (Lipinski definition) is 1. The van der Waals surface area contributed by atoms with Crippen LogP contribution in [0.15, 0.2) is 28.7 Å². The van der Waals surface area contributed by atoms with Gasteiger partial charge in [-0.15, -0.1) is 5.10 Å². The molecule has 0 saturated carbocycles. The van der Waals surface area contributed by atoms with Crippen molar-refractivity contribution in [1.29, 1.82) is 0 Å². The quantitative estimate of drug-likeness (QED) is 0.920. The lowest BCUT2D eigenvalue weighted by Crippen LogP contribution is -2.11. The van der Waals surface area contributed by atoms with Gasteiger partial charge in [0.25, 0.3) is 0 Å². The Labute approximate surface area is 119 Å². The molecule has 0 atom stereocenters. The molecule has 0 aliphatic heterocycles. The third kappa shape index (κ3) is 4.19. The van der Waals surface area contributed by atoms with E-state index in [0.29, 0.717) is 12.4 Å². The molecule has 0 bridgehead atoms. The summed E-state index contributed by atoms with van der Waals surface area (Å²) in [5.74, 6) is 0.395. The Hall–Kier alpha value is -2.09. The second kappa shape index (κ2) is 6.13. The fourth-order valence-corrected chi connectivity index (χ4v) is 1.78. The van der Waals surface area contributed by atoms with Gasteiger partial charge in [-0.25, -0.2) is 0 Å². The first kappa shape index (κ1) is 15.3. The van der Waals surface area contributed by atoms with E-state index >= 15 is 0 Å². The van der Waals surface area contributed by atoms with Crippen LogP contribution in [0.2, 0.25) is 0 Å². The molecule has 114 valence electrons. The van der Waals surface area contributed by atoms with E-state index in [1.165, 1.54) is 12.1 Å². The van der Waals surface area contributed by atoms with Crippen LogP contribution in [0.1, 0.15) is 17.0 Å². The van der Waals surface area contributed by atoms with Gasteiger partial charge in [0.1, 0.15) is 0 Å². The molecular weight excluding hydrogens is 285 g/mol. The Bertz CT molecular complexity index is 595. The van der Waals surface area contributed by atoms with Crippen molar-refractivity contribution in [3.05, 3.63) is 41.3 Å². The van der Waals surface area contributed by atoms with E-state index in [-0.39, 0.29) is 18.1 Å². The molecule has 21 heavy (non-hydrogen) atoms. The molecular formula is C13H15F3N4O. The highest BCUT2D eigenvalue weighted by Crippen LogP contribution is 2.32. The largest absolute Gasteiger partial charge is 0.416 e. The minimum Gasteiger partial charge on any atom is -0.407 e. The third-order valence-electron chi connectivity index (χ3n) is 2.67. The Morgan fingerprint density at radius 2 is 1.90 bits per heavy atom. The summed E-state index contributed by atoms with van der Waals surface area (Å²) in [5, 5.41) is 10.2. The minimum absolute atomic E-state index is 0.0424. The average molecular weight is 300 g/mol. The minimum atomic E-state index is -4.39. The fourth-order valence-electron chi connectivity index (χ4n) is 1.78. The van der Waals surface area contributed by atoms with Gasteiger partial charge in [-0.1, -0.05) is 23.3 Å². The Morgan fingerprint density at radius 3 is 2.57 bits per heavy atom. The van der Waals surface area contributed by atoms with Crippen LogP contribution in [0.25, 0.3) is 0 Å². The number of hydrogen-bond acceptors (Lipinski definition) is 5. The fraction of sp³-hybridized carbons (Fsp3) is 0.385. The van der Waals surface area contributed by atoms with E-state index < -0.39 is 11.7 Å². The highest BCUT2D eigenvalue weighted by Gasteiger charge is 2.32. The van der Waals surface area contributed by atoms with Crippen molar-refractivity contribution in [3.63, 3.8) is 0 Å². The van der Waals surface area contributed by atoms with Gasteiger partial charge < -0.3 is 14.6 Å². The summed E-state index contributed by atoms with van der Waals surface area (Å²) in [7, 11) is 3.69. The molecule has 5 nitrogen and oxygen atoms in total. The molecule has 1 N–H and O–H groups in total. The topological polar surface area (TPSA) is 54.2 Å². The predicted molar refractivity (Wildman–Crippen MR) is 70.5 cm³/mol. The number of halogens is 3. The molecule has 1 heterocycles. The lowest BCUT2D eigenvalue weighted by molar-refractivity contribution is -0.138. The molecule has 0 fully saturated rings. The summed E-state index contributed by atoms with van der Waals surface area (Å²) in [6, 6.07) is 5.46. The molecule has 0 aliphatic rings. The van der Waals surface area contributed by atoms with E-state index in [0.717, 1.165) is 6.07 Å². The maximum Gasteiger partial charge on any atom is 0.416 e.